The Hall–Kier alpha value is -3.42. The number of para-hydroxylation sites is 1. The number of ether oxygens (including phenoxy) is 1. The largest absolute Gasteiger partial charge is 0.448 e. The van der Waals surface area contributed by atoms with E-state index in [1.807, 2.05) is 41.7 Å². The second kappa shape index (κ2) is 10.7. The molecular formula is C27H25Cl2N3O4. The van der Waals surface area contributed by atoms with Crippen molar-refractivity contribution in [3.63, 3.8) is 0 Å². The van der Waals surface area contributed by atoms with Gasteiger partial charge in [-0.2, -0.15) is 0 Å². The molecule has 0 radical (unpaired) electrons. The molecule has 9 heteroatoms. The van der Waals surface area contributed by atoms with Crippen molar-refractivity contribution in [2.24, 2.45) is 11.7 Å². The van der Waals surface area contributed by atoms with Crippen molar-refractivity contribution in [2.45, 2.75) is 39.2 Å². The number of imide groups is 1. The molecule has 4 rings (SSSR count). The van der Waals surface area contributed by atoms with Crippen LogP contribution >= 0.6 is 23.2 Å². The van der Waals surface area contributed by atoms with Crippen LogP contribution in [0.1, 0.15) is 53.9 Å². The van der Waals surface area contributed by atoms with Gasteiger partial charge in [-0.3, -0.25) is 10.1 Å². The Morgan fingerprint density at radius 2 is 1.83 bits per heavy atom. The molecule has 0 fully saturated rings. The monoisotopic (exact) mass is 525 g/mol. The minimum atomic E-state index is -1.20. The van der Waals surface area contributed by atoms with Gasteiger partial charge in [0.15, 0.2) is 6.10 Å². The molecule has 0 spiro atoms. The van der Waals surface area contributed by atoms with Gasteiger partial charge >= 0.3 is 12.0 Å². The fraction of sp³-hybridized carbons (Fsp3) is 0.259. The minimum Gasteiger partial charge on any atom is -0.448 e. The molecule has 2 aromatic carbocycles. The maximum Gasteiger partial charge on any atom is 0.339 e. The summed E-state index contributed by atoms with van der Waals surface area (Å²) in [6.45, 7) is 3.43. The number of primary amides is 1. The number of hydrogen-bond donors (Lipinski definition) is 2. The number of hydrogen-bond acceptors (Lipinski definition) is 5. The van der Waals surface area contributed by atoms with Crippen molar-refractivity contribution in [3.8, 4) is 0 Å². The van der Waals surface area contributed by atoms with E-state index in [4.69, 9.17) is 38.7 Å². The van der Waals surface area contributed by atoms with Gasteiger partial charge in [0, 0.05) is 5.39 Å². The van der Waals surface area contributed by atoms with E-state index < -0.39 is 29.9 Å². The summed E-state index contributed by atoms with van der Waals surface area (Å²) in [5.41, 5.74) is 9.18. The Kier molecular flexibility index (Phi) is 7.62. The lowest BCUT2D eigenvalue weighted by atomic mass is 9.86. The lowest BCUT2D eigenvalue weighted by Crippen LogP contribution is -2.45. The van der Waals surface area contributed by atoms with Crippen molar-refractivity contribution in [1.29, 1.82) is 0 Å². The summed E-state index contributed by atoms with van der Waals surface area (Å²) in [5, 5.41) is 3.52. The van der Waals surface area contributed by atoms with Crippen molar-refractivity contribution in [3.05, 3.63) is 74.9 Å². The number of benzene rings is 2. The van der Waals surface area contributed by atoms with Crippen LogP contribution in [0.2, 0.25) is 10.0 Å². The maximum absolute atomic E-state index is 13.6. The molecule has 3 aromatic rings. The van der Waals surface area contributed by atoms with Crippen molar-refractivity contribution in [2.75, 3.05) is 0 Å². The molecule has 1 atom stereocenters. The second-order valence-electron chi connectivity index (χ2n) is 8.92. The van der Waals surface area contributed by atoms with Gasteiger partial charge in [0.25, 0.3) is 5.91 Å². The maximum atomic E-state index is 13.6. The summed E-state index contributed by atoms with van der Waals surface area (Å²) >= 11 is 12.6. The molecule has 0 unspecified atom stereocenters. The summed E-state index contributed by atoms with van der Waals surface area (Å²) in [7, 11) is 0. The highest BCUT2D eigenvalue weighted by atomic mass is 35.5. The van der Waals surface area contributed by atoms with Crippen LogP contribution in [0, 0.1) is 5.92 Å². The fourth-order valence-corrected chi connectivity index (χ4v) is 4.75. The van der Waals surface area contributed by atoms with Crippen LogP contribution in [0.25, 0.3) is 22.6 Å². The highest BCUT2D eigenvalue weighted by Crippen LogP contribution is 2.38. The molecule has 3 N–H and O–H groups in total. The van der Waals surface area contributed by atoms with E-state index in [0.717, 1.165) is 29.5 Å². The third kappa shape index (κ3) is 5.22. The molecule has 0 bridgehead atoms. The molecule has 1 aliphatic rings. The molecule has 1 heterocycles. The number of halogens is 2. The van der Waals surface area contributed by atoms with E-state index in [2.05, 4.69) is 0 Å². The number of nitrogens with zero attached hydrogens (tertiary/aromatic N) is 1. The SMILES string of the molecule is CC(C)[C@@H](OC(=O)c1c2c(nc3ccccc13)/C(=C/c1cccc(Cl)c1Cl)CCC2)C(=O)NC(N)=O. The Morgan fingerprint density at radius 3 is 2.56 bits per heavy atom. The quantitative estimate of drug-likeness (QED) is 0.409. The number of carbonyl (C=O) groups is 3. The van der Waals surface area contributed by atoms with Crippen LogP contribution in [-0.4, -0.2) is 29.0 Å². The third-order valence-electron chi connectivity index (χ3n) is 6.03. The van der Waals surface area contributed by atoms with Crippen LogP contribution in [0.4, 0.5) is 4.79 Å². The molecule has 186 valence electrons. The topological polar surface area (TPSA) is 111 Å². The van der Waals surface area contributed by atoms with Gasteiger partial charge in [-0.25, -0.2) is 14.6 Å². The van der Waals surface area contributed by atoms with Crippen LogP contribution in [0.5, 0.6) is 0 Å². The van der Waals surface area contributed by atoms with E-state index in [0.29, 0.717) is 38.6 Å². The Morgan fingerprint density at radius 1 is 1.08 bits per heavy atom. The van der Waals surface area contributed by atoms with E-state index in [1.165, 1.54) is 0 Å². The first-order chi connectivity index (χ1) is 17.2. The zero-order valence-corrected chi connectivity index (χ0v) is 21.3. The first kappa shape index (κ1) is 25.7. The van der Waals surface area contributed by atoms with Gasteiger partial charge in [-0.1, -0.05) is 67.4 Å². The number of pyridine rings is 1. The van der Waals surface area contributed by atoms with Gasteiger partial charge in [0.2, 0.25) is 0 Å². The number of rotatable bonds is 5. The normalized spacial score (nSPS) is 15.0. The molecule has 7 nitrogen and oxygen atoms in total. The summed E-state index contributed by atoms with van der Waals surface area (Å²) in [5.74, 6) is -1.82. The Bertz CT molecular complexity index is 1400. The first-order valence-corrected chi connectivity index (χ1v) is 12.3. The highest BCUT2D eigenvalue weighted by Gasteiger charge is 2.31. The zero-order valence-electron chi connectivity index (χ0n) is 19.8. The van der Waals surface area contributed by atoms with Gasteiger partial charge in [0.05, 0.1) is 26.8 Å². The lowest BCUT2D eigenvalue weighted by Gasteiger charge is -2.25. The number of urea groups is 1. The molecule has 1 aromatic heterocycles. The molecule has 0 aliphatic heterocycles. The number of allylic oxidation sites excluding steroid dienone is 1. The number of carbonyl (C=O) groups excluding carboxylic acids is 3. The smallest absolute Gasteiger partial charge is 0.339 e. The van der Waals surface area contributed by atoms with E-state index >= 15 is 0 Å². The minimum absolute atomic E-state index is 0.357. The summed E-state index contributed by atoms with van der Waals surface area (Å²) < 4.78 is 5.68. The Labute approximate surface area is 218 Å². The predicted octanol–water partition coefficient (Wildman–Crippen LogP) is 5.79. The number of fused-ring (bicyclic) bond motifs is 2. The zero-order chi connectivity index (χ0) is 26.0. The number of aromatic nitrogens is 1. The van der Waals surface area contributed by atoms with Crippen LogP contribution in [-0.2, 0) is 16.0 Å². The van der Waals surface area contributed by atoms with Gasteiger partial charge in [-0.15, -0.1) is 0 Å². The molecule has 36 heavy (non-hydrogen) atoms. The summed E-state index contributed by atoms with van der Waals surface area (Å²) in [4.78, 5) is 42.2. The highest BCUT2D eigenvalue weighted by molar-refractivity contribution is 6.43. The standard InChI is InChI=1S/C27H25Cl2N3O4/c1-14(2)24(25(33)32-27(30)35)36-26(34)21-17-9-3-4-12-20(17)31-23-16(8-5-10-18(21)23)13-15-7-6-11-19(28)22(15)29/h3-4,6-7,9,11-14,24H,5,8,10H2,1-2H3,(H3,30,32,33,35)/b16-13+/t24-/m1/s1. The molecule has 0 saturated heterocycles. The van der Waals surface area contributed by atoms with Crippen LogP contribution in [0.3, 0.4) is 0 Å². The van der Waals surface area contributed by atoms with Crippen LogP contribution in [0.15, 0.2) is 42.5 Å². The van der Waals surface area contributed by atoms with Gasteiger partial charge < -0.3 is 10.5 Å². The van der Waals surface area contributed by atoms with Crippen molar-refractivity contribution in [1.82, 2.24) is 10.3 Å². The first-order valence-electron chi connectivity index (χ1n) is 11.5. The summed E-state index contributed by atoms with van der Waals surface area (Å²) in [6, 6.07) is 11.7. The third-order valence-corrected chi connectivity index (χ3v) is 6.86. The average molecular weight is 526 g/mol. The average Bonchev–Trinajstić information content (AvgIpc) is 2.83. The van der Waals surface area contributed by atoms with Gasteiger partial charge in [0.1, 0.15) is 0 Å². The van der Waals surface area contributed by atoms with Crippen molar-refractivity contribution >= 4 is 63.7 Å². The number of amides is 3. The van der Waals surface area contributed by atoms with Crippen molar-refractivity contribution < 1.29 is 19.1 Å². The molecule has 3 amide bonds. The number of nitrogens with one attached hydrogen (secondary N) is 1. The summed E-state index contributed by atoms with van der Waals surface area (Å²) in [6.07, 6.45) is 2.88. The van der Waals surface area contributed by atoms with E-state index in [1.54, 1.807) is 26.0 Å². The molecule has 1 aliphatic carbocycles. The van der Waals surface area contributed by atoms with Crippen LogP contribution < -0.4 is 11.1 Å². The molecular weight excluding hydrogens is 501 g/mol. The Balaban J connectivity index is 1.84. The number of esters is 1. The fourth-order valence-electron chi connectivity index (χ4n) is 4.39. The van der Waals surface area contributed by atoms with Gasteiger partial charge in [-0.05, 0) is 60.1 Å². The number of nitrogens with two attached hydrogens (primary N) is 1. The molecule has 0 saturated carbocycles. The predicted molar refractivity (Wildman–Crippen MR) is 141 cm³/mol. The second-order valence-corrected chi connectivity index (χ2v) is 9.71. The van der Waals surface area contributed by atoms with E-state index in [-0.39, 0.29) is 0 Å². The lowest BCUT2D eigenvalue weighted by molar-refractivity contribution is -0.130. The van der Waals surface area contributed by atoms with E-state index in [9.17, 15) is 14.4 Å².